The average molecular weight is 104 g/mol. The van der Waals surface area contributed by atoms with Crippen molar-refractivity contribution in [1.29, 1.82) is 0 Å². The van der Waals surface area contributed by atoms with Gasteiger partial charge in [-0.2, -0.15) is 0 Å². The van der Waals surface area contributed by atoms with Gasteiger partial charge >= 0.3 is 0 Å². The molecule has 0 bridgehead atoms. The molecule has 0 fully saturated rings. The van der Waals surface area contributed by atoms with Gasteiger partial charge in [-0.15, -0.1) is 0 Å². The van der Waals surface area contributed by atoms with Crippen molar-refractivity contribution >= 4 is 17.4 Å². The molecule has 0 aromatic carbocycles. The molecule has 0 rings (SSSR count). The fourth-order valence-electron chi connectivity index (χ4n) is 0.0333. The van der Waals surface area contributed by atoms with E-state index in [0.717, 1.165) is 0 Å². The zero-order chi connectivity index (χ0) is 4.99. The smallest absolute Gasteiger partial charge is 0.200 e. The maximum absolute atomic E-state index is 9.11. The molecule has 0 aromatic rings. The summed E-state index contributed by atoms with van der Waals surface area (Å²) in [6.07, 6.45) is 0. The lowest BCUT2D eigenvalue weighted by molar-refractivity contribution is -0.483. The van der Waals surface area contributed by atoms with Gasteiger partial charge in [-0.25, -0.2) is 10.1 Å². The van der Waals surface area contributed by atoms with E-state index in [9.17, 15) is 0 Å². The first-order chi connectivity index (χ1) is 2.77. The van der Waals surface area contributed by atoms with Crippen molar-refractivity contribution in [1.82, 2.24) is 0 Å². The molecule has 0 unspecified atom stereocenters. The van der Waals surface area contributed by atoms with Crippen LogP contribution in [-0.2, 0) is 0 Å². The molecule has 0 spiro atoms. The zero-order valence-corrected chi connectivity index (χ0v) is 3.44. The third kappa shape index (κ3) is 3.20. The van der Waals surface area contributed by atoms with Gasteiger partial charge in [-0.3, -0.25) is 0 Å². The van der Waals surface area contributed by atoms with E-state index in [4.69, 9.17) is 10.1 Å². The van der Waals surface area contributed by atoms with Crippen LogP contribution in [0.15, 0.2) is 5.10 Å². The lowest BCUT2D eigenvalue weighted by Gasteiger charge is -1.61. The first-order valence-electron chi connectivity index (χ1n) is 0.993. The summed E-state index contributed by atoms with van der Waals surface area (Å²) in [5.41, 5.74) is 0. The fraction of sp³-hybridized carbons (Fsp3) is 0. The van der Waals surface area contributed by atoms with Crippen LogP contribution >= 0.6 is 12.2 Å². The Hall–Kier alpha value is -0.800. The second-order valence-corrected chi connectivity index (χ2v) is 0.612. The maximum atomic E-state index is 9.11. The molecular weight excluding hydrogens is 104 g/mol. The summed E-state index contributed by atoms with van der Waals surface area (Å²) in [6, 6.07) is 0. The molecule has 6 heavy (non-hydrogen) atoms. The zero-order valence-electron chi connectivity index (χ0n) is 2.62. The summed E-state index contributed by atoms with van der Waals surface area (Å²) in [4.78, 5) is 9.11. The van der Waals surface area contributed by atoms with Crippen molar-refractivity contribution in [3.05, 3.63) is 10.1 Å². The molecule has 0 aliphatic heterocycles. The summed E-state index contributed by atoms with van der Waals surface area (Å²) in [7, 11) is 0. The Labute approximate surface area is 38.6 Å². The normalized spacial score (nSPS) is 6.00. The topological polar surface area (TPSA) is 55.5 Å². The van der Waals surface area contributed by atoms with Crippen molar-refractivity contribution in [3.63, 3.8) is 0 Å². The van der Waals surface area contributed by atoms with Crippen molar-refractivity contribution in [2.45, 2.75) is 0 Å². The Morgan fingerprint density at radius 3 is 2.50 bits per heavy atom. The number of hydrogen-bond acceptors (Lipinski definition) is 3. The van der Waals surface area contributed by atoms with Crippen molar-refractivity contribution in [3.8, 4) is 0 Å². The molecule has 32 valence electrons. The largest absolute Gasteiger partial charge is 0.232 e. The Balaban J connectivity index is 3.60. The molecule has 0 aliphatic carbocycles. The molecule has 0 aliphatic rings. The second-order valence-electron chi connectivity index (χ2n) is 0.429. The SMILES string of the molecule is O=[N+]([O-])N=C=S. The van der Waals surface area contributed by atoms with Gasteiger partial charge in [-0.05, 0) is 0 Å². The summed E-state index contributed by atoms with van der Waals surface area (Å²) >= 11 is 3.87. The second kappa shape index (κ2) is 2.44. The number of rotatable bonds is 1. The van der Waals surface area contributed by atoms with E-state index in [2.05, 4.69) is 17.3 Å². The van der Waals surface area contributed by atoms with E-state index >= 15 is 0 Å². The predicted molar refractivity (Wildman–Crippen MR) is 22.0 cm³/mol. The minimum Gasteiger partial charge on any atom is -0.232 e. The van der Waals surface area contributed by atoms with Gasteiger partial charge in [0.2, 0.25) is 5.03 Å². The lowest BCUT2D eigenvalue weighted by atomic mass is 11.7. The van der Waals surface area contributed by atoms with Crippen molar-refractivity contribution in [2.24, 2.45) is 5.10 Å². The quantitative estimate of drug-likeness (QED) is 0.208. The monoisotopic (exact) mass is 104 g/mol. The standard InChI is InChI=1S/CN2O2S/c4-3(5)2-1-6. The summed E-state index contributed by atoms with van der Waals surface area (Å²) in [6.45, 7) is 0. The predicted octanol–water partition coefficient (Wildman–Crippen LogP) is 0.281. The highest BCUT2D eigenvalue weighted by Gasteiger charge is 1.76. The molecule has 0 saturated heterocycles. The molecule has 0 amide bonds. The van der Waals surface area contributed by atoms with Gasteiger partial charge in [0, 0.05) is 12.2 Å². The number of thiocarbonyl (C=S) groups is 1. The van der Waals surface area contributed by atoms with E-state index in [1.165, 1.54) is 0 Å². The van der Waals surface area contributed by atoms with Crippen LogP contribution in [0.5, 0.6) is 0 Å². The van der Waals surface area contributed by atoms with Crippen molar-refractivity contribution in [2.75, 3.05) is 0 Å². The van der Waals surface area contributed by atoms with Crippen LogP contribution in [-0.4, -0.2) is 10.2 Å². The van der Waals surface area contributed by atoms with Crippen LogP contribution in [0.2, 0.25) is 0 Å². The molecule has 0 saturated carbocycles. The highest BCUT2D eigenvalue weighted by Crippen LogP contribution is 1.59. The first kappa shape index (κ1) is 5.20. The van der Waals surface area contributed by atoms with Crippen LogP contribution in [0.3, 0.4) is 0 Å². The Bertz CT molecular complexity index is 104. The van der Waals surface area contributed by atoms with Gasteiger partial charge in [0.1, 0.15) is 10.3 Å². The van der Waals surface area contributed by atoms with Gasteiger partial charge in [0.25, 0.3) is 0 Å². The summed E-state index contributed by atoms with van der Waals surface area (Å²) < 4.78 is 0. The maximum Gasteiger partial charge on any atom is 0.200 e. The molecule has 4 nitrogen and oxygen atoms in total. The van der Waals surface area contributed by atoms with Gasteiger partial charge in [-0.1, -0.05) is 0 Å². The van der Waals surface area contributed by atoms with Crippen LogP contribution in [0.25, 0.3) is 0 Å². The minimum absolute atomic E-state index is 0.910. The van der Waals surface area contributed by atoms with Crippen molar-refractivity contribution < 1.29 is 5.03 Å². The number of hydrogen-bond donors (Lipinski definition) is 0. The third-order valence-electron chi connectivity index (χ3n) is 0.122. The minimum atomic E-state index is -0.910. The molecule has 0 atom stereocenters. The van der Waals surface area contributed by atoms with Gasteiger partial charge in [0.05, 0.1) is 0 Å². The van der Waals surface area contributed by atoms with E-state index in [0.29, 0.717) is 0 Å². The van der Waals surface area contributed by atoms with Crippen LogP contribution < -0.4 is 0 Å². The number of nitro groups is 1. The van der Waals surface area contributed by atoms with E-state index in [1.54, 1.807) is 5.16 Å². The Kier molecular flexibility index (Phi) is 2.11. The molecule has 0 N–H and O–H groups in total. The van der Waals surface area contributed by atoms with Crippen LogP contribution in [0, 0.1) is 10.1 Å². The fourth-order valence-corrected chi connectivity index (χ4v) is 0.100. The number of nitrogens with zero attached hydrogens (tertiary/aromatic N) is 2. The molecule has 5 heteroatoms. The van der Waals surface area contributed by atoms with Crippen LogP contribution in [0.4, 0.5) is 0 Å². The average Bonchev–Trinajstić information content (AvgIpc) is 1.35. The summed E-state index contributed by atoms with van der Waals surface area (Å²) in [5.74, 6) is 0. The van der Waals surface area contributed by atoms with E-state index < -0.39 is 5.03 Å². The van der Waals surface area contributed by atoms with E-state index in [1.807, 2.05) is 0 Å². The molecular formula is CN2O2S. The van der Waals surface area contributed by atoms with Crippen LogP contribution in [0.1, 0.15) is 0 Å². The van der Waals surface area contributed by atoms with Gasteiger partial charge < -0.3 is 0 Å². The molecule has 0 heterocycles. The highest BCUT2D eigenvalue weighted by molar-refractivity contribution is 7.78. The Morgan fingerprint density at radius 1 is 2.00 bits per heavy atom. The summed E-state index contributed by atoms with van der Waals surface area (Å²) in [5, 5.41) is 12.2. The number of isothiocyanates is 1. The highest BCUT2D eigenvalue weighted by atomic mass is 32.1. The molecule has 0 radical (unpaired) electrons. The lowest BCUT2D eigenvalue weighted by Crippen LogP contribution is -1.79. The number of hydrazone groups is 1. The van der Waals surface area contributed by atoms with E-state index in [-0.39, 0.29) is 0 Å². The Morgan fingerprint density at radius 2 is 2.50 bits per heavy atom. The third-order valence-corrected chi connectivity index (χ3v) is 0.204. The van der Waals surface area contributed by atoms with Gasteiger partial charge in [0.15, 0.2) is 0 Å². The first-order valence-corrected chi connectivity index (χ1v) is 1.40. The molecule has 0 aromatic heterocycles.